The van der Waals surface area contributed by atoms with Crippen molar-refractivity contribution in [1.29, 1.82) is 0 Å². The third-order valence-electron chi connectivity index (χ3n) is 3.03. The van der Waals surface area contributed by atoms with Crippen LogP contribution in [0.1, 0.15) is 25.7 Å². The third-order valence-corrected chi connectivity index (χ3v) is 3.03. The molecule has 1 aliphatic rings. The molecule has 1 amide bonds. The number of aliphatic hydroxyl groups is 1. The first-order valence-corrected chi connectivity index (χ1v) is 5.57. The standard InChI is InChI=1S/C10H14F5NO2/c11-9(12,10(13,14)15)8(18)16-5-6-3-1-2-4-7(6)17/h6-7,17H,1-5H2,(H,16,18). The van der Waals surface area contributed by atoms with Crippen molar-refractivity contribution >= 4 is 5.91 Å². The molecule has 1 rings (SSSR count). The molecule has 106 valence electrons. The van der Waals surface area contributed by atoms with Gasteiger partial charge in [0.2, 0.25) is 0 Å². The van der Waals surface area contributed by atoms with E-state index < -0.39 is 30.0 Å². The lowest BCUT2D eigenvalue weighted by atomic mass is 9.86. The summed E-state index contributed by atoms with van der Waals surface area (Å²) in [4.78, 5) is 10.8. The van der Waals surface area contributed by atoms with Crippen LogP contribution in [0.4, 0.5) is 22.0 Å². The Morgan fingerprint density at radius 2 is 1.72 bits per heavy atom. The Bertz CT molecular complexity index is 305. The second-order valence-electron chi connectivity index (χ2n) is 4.39. The van der Waals surface area contributed by atoms with Gasteiger partial charge in [-0.2, -0.15) is 22.0 Å². The lowest BCUT2D eigenvalue weighted by Gasteiger charge is -2.28. The van der Waals surface area contributed by atoms with Crippen molar-refractivity contribution in [2.24, 2.45) is 5.92 Å². The number of carbonyl (C=O) groups is 1. The molecule has 0 aliphatic heterocycles. The highest BCUT2D eigenvalue weighted by molar-refractivity contribution is 5.84. The van der Waals surface area contributed by atoms with E-state index in [4.69, 9.17) is 0 Å². The van der Waals surface area contributed by atoms with Crippen LogP contribution in [0.15, 0.2) is 0 Å². The Labute approximate surface area is 100 Å². The molecule has 2 unspecified atom stereocenters. The Morgan fingerprint density at radius 1 is 1.17 bits per heavy atom. The van der Waals surface area contributed by atoms with E-state index in [1.54, 1.807) is 5.32 Å². The monoisotopic (exact) mass is 275 g/mol. The molecule has 0 radical (unpaired) electrons. The number of halogens is 5. The normalized spacial score (nSPS) is 25.9. The number of hydrogen-bond donors (Lipinski definition) is 2. The fourth-order valence-corrected chi connectivity index (χ4v) is 1.89. The van der Waals surface area contributed by atoms with Crippen molar-refractivity contribution in [3.8, 4) is 0 Å². The van der Waals surface area contributed by atoms with Gasteiger partial charge < -0.3 is 10.4 Å². The van der Waals surface area contributed by atoms with Crippen LogP contribution in [0.5, 0.6) is 0 Å². The SMILES string of the molecule is O=C(NCC1CCCCC1O)C(F)(F)C(F)(F)F. The third kappa shape index (κ3) is 3.30. The van der Waals surface area contributed by atoms with Crippen LogP contribution < -0.4 is 5.32 Å². The maximum atomic E-state index is 12.6. The number of rotatable bonds is 3. The van der Waals surface area contributed by atoms with Crippen molar-refractivity contribution in [2.75, 3.05) is 6.54 Å². The molecule has 1 fully saturated rings. The lowest BCUT2D eigenvalue weighted by molar-refractivity contribution is -0.269. The summed E-state index contributed by atoms with van der Waals surface area (Å²) >= 11 is 0. The van der Waals surface area contributed by atoms with Gasteiger partial charge in [0, 0.05) is 12.5 Å². The van der Waals surface area contributed by atoms with Crippen LogP contribution in [0.3, 0.4) is 0 Å². The Hall–Kier alpha value is -0.920. The molecule has 2 atom stereocenters. The van der Waals surface area contributed by atoms with Crippen molar-refractivity contribution in [1.82, 2.24) is 5.32 Å². The number of nitrogens with one attached hydrogen (secondary N) is 1. The average Bonchev–Trinajstić information content (AvgIpc) is 2.26. The molecule has 0 bridgehead atoms. The molecule has 0 saturated heterocycles. The molecule has 1 saturated carbocycles. The summed E-state index contributed by atoms with van der Waals surface area (Å²) in [5.74, 6) is -8.23. The van der Waals surface area contributed by atoms with Gasteiger partial charge in [0.1, 0.15) is 0 Å². The predicted octanol–water partition coefficient (Wildman–Crippen LogP) is 1.85. The van der Waals surface area contributed by atoms with Crippen molar-refractivity contribution < 1.29 is 31.9 Å². The molecule has 18 heavy (non-hydrogen) atoms. The number of amides is 1. The van der Waals surface area contributed by atoms with Gasteiger partial charge in [-0.15, -0.1) is 0 Å². The zero-order valence-electron chi connectivity index (χ0n) is 9.44. The minimum Gasteiger partial charge on any atom is -0.393 e. The van der Waals surface area contributed by atoms with Crippen molar-refractivity contribution in [2.45, 2.75) is 43.9 Å². The summed E-state index contributed by atoms with van der Waals surface area (Å²) in [6, 6.07) is 0. The lowest BCUT2D eigenvalue weighted by Crippen LogP contribution is -2.52. The summed E-state index contributed by atoms with van der Waals surface area (Å²) in [5, 5.41) is 11.0. The van der Waals surface area contributed by atoms with E-state index >= 15 is 0 Å². The molecule has 0 aromatic heterocycles. The molecule has 3 nitrogen and oxygen atoms in total. The van der Waals surface area contributed by atoms with E-state index in [2.05, 4.69) is 0 Å². The van der Waals surface area contributed by atoms with Gasteiger partial charge in [-0.3, -0.25) is 4.79 Å². The van der Waals surface area contributed by atoms with Crippen LogP contribution in [0.25, 0.3) is 0 Å². The highest BCUT2D eigenvalue weighted by atomic mass is 19.4. The molecule has 1 aliphatic carbocycles. The maximum absolute atomic E-state index is 12.6. The van der Waals surface area contributed by atoms with Crippen LogP contribution in [-0.4, -0.2) is 35.8 Å². The number of carbonyl (C=O) groups excluding carboxylic acids is 1. The van der Waals surface area contributed by atoms with Gasteiger partial charge in [-0.1, -0.05) is 12.8 Å². The van der Waals surface area contributed by atoms with Gasteiger partial charge in [-0.05, 0) is 12.8 Å². The van der Waals surface area contributed by atoms with Gasteiger partial charge in [-0.25, -0.2) is 0 Å². The number of aliphatic hydroxyl groups excluding tert-OH is 1. The minimum atomic E-state index is -5.90. The van der Waals surface area contributed by atoms with E-state index in [-0.39, 0.29) is 6.54 Å². The van der Waals surface area contributed by atoms with E-state index in [1.165, 1.54) is 0 Å². The molecule has 8 heteroatoms. The molecule has 0 aromatic rings. The fourth-order valence-electron chi connectivity index (χ4n) is 1.89. The first-order valence-electron chi connectivity index (χ1n) is 5.57. The van der Waals surface area contributed by atoms with Gasteiger partial charge in [0.05, 0.1) is 6.10 Å². The van der Waals surface area contributed by atoms with Crippen molar-refractivity contribution in [3.63, 3.8) is 0 Å². The van der Waals surface area contributed by atoms with E-state index in [0.29, 0.717) is 12.8 Å². The molecule has 0 heterocycles. The minimum absolute atomic E-state index is 0.369. The highest BCUT2D eigenvalue weighted by Gasteiger charge is 2.63. The highest BCUT2D eigenvalue weighted by Crippen LogP contribution is 2.35. The molecular weight excluding hydrogens is 261 g/mol. The van der Waals surface area contributed by atoms with Crippen LogP contribution in [0.2, 0.25) is 0 Å². The topological polar surface area (TPSA) is 49.3 Å². The maximum Gasteiger partial charge on any atom is 0.463 e. The predicted molar refractivity (Wildman–Crippen MR) is 52.0 cm³/mol. The van der Waals surface area contributed by atoms with Crippen LogP contribution >= 0.6 is 0 Å². The second-order valence-corrected chi connectivity index (χ2v) is 4.39. The Balaban J connectivity index is 2.50. The fraction of sp³-hybridized carbons (Fsp3) is 0.900. The second kappa shape index (κ2) is 5.38. The zero-order chi connectivity index (χ0) is 14.0. The number of hydrogen-bond acceptors (Lipinski definition) is 2. The Kier molecular flexibility index (Phi) is 4.52. The smallest absolute Gasteiger partial charge is 0.393 e. The summed E-state index contributed by atoms with van der Waals surface area (Å²) in [7, 11) is 0. The van der Waals surface area contributed by atoms with Gasteiger partial charge >= 0.3 is 12.1 Å². The summed E-state index contributed by atoms with van der Waals surface area (Å²) < 4.78 is 60.7. The van der Waals surface area contributed by atoms with Gasteiger partial charge in [0.15, 0.2) is 0 Å². The molecule has 0 spiro atoms. The summed E-state index contributed by atoms with van der Waals surface area (Å²) in [5.41, 5.74) is 0. The summed E-state index contributed by atoms with van der Waals surface area (Å²) in [6.07, 6.45) is -4.16. The van der Waals surface area contributed by atoms with Gasteiger partial charge in [0.25, 0.3) is 5.91 Å². The Morgan fingerprint density at radius 3 is 2.22 bits per heavy atom. The quantitative estimate of drug-likeness (QED) is 0.772. The van der Waals surface area contributed by atoms with E-state index in [1.807, 2.05) is 0 Å². The average molecular weight is 275 g/mol. The largest absolute Gasteiger partial charge is 0.463 e. The molecule has 2 N–H and O–H groups in total. The summed E-state index contributed by atoms with van der Waals surface area (Å²) in [6.45, 7) is -0.369. The molecular formula is C10H14F5NO2. The first-order chi connectivity index (χ1) is 8.16. The molecule has 0 aromatic carbocycles. The van der Waals surface area contributed by atoms with E-state index in [9.17, 15) is 31.9 Å². The van der Waals surface area contributed by atoms with Crippen LogP contribution in [-0.2, 0) is 4.79 Å². The van der Waals surface area contributed by atoms with Crippen LogP contribution in [0, 0.1) is 5.92 Å². The number of alkyl halides is 5. The van der Waals surface area contributed by atoms with Crippen molar-refractivity contribution in [3.05, 3.63) is 0 Å². The zero-order valence-corrected chi connectivity index (χ0v) is 9.44. The first kappa shape index (κ1) is 15.1. The van der Waals surface area contributed by atoms with E-state index in [0.717, 1.165) is 12.8 Å².